The summed E-state index contributed by atoms with van der Waals surface area (Å²) in [4.78, 5) is 18.3. The smallest absolute Gasteiger partial charge is 0.317 e. The van der Waals surface area contributed by atoms with Crippen LogP contribution in [0.2, 0.25) is 0 Å². The maximum absolute atomic E-state index is 12.2. The van der Waals surface area contributed by atoms with Crippen LogP contribution in [0.4, 0.5) is 4.79 Å². The van der Waals surface area contributed by atoms with E-state index in [1.807, 2.05) is 17.0 Å². The summed E-state index contributed by atoms with van der Waals surface area (Å²) in [6.45, 7) is 4.23. The summed E-state index contributed by atoms with van der Waals surface area (Å²) in [5.41, 5.74) is 0.895. The Labute approximate surface area is 120 Å². The fraction of sp³-hybridized carbons (Fsp3) is 0.600. The zero-order chi connectivity index (χ0) is 14.4. The number of pyridine rings is 1. The van der Waals surface area contributed by atoms with E-state index in [-0.39, 0.29) is 6.03 Å². The Hall–Kier alpha value is -1.78. The van der Waals surface area contributed by atoms with Gasteiger partial charge in [0.1, 0.15) is 0 Å². The standard InChI is InChI=1S/C15H23N3O2/c1-3-9-18(11-12-6-7-12)15(19)17-10-13-5-4-8-16-14(13)20-2/h4-5,8,12H,3,6-7,9-11H2,1-2H3,(H,17,19). The van der Waals surface area contributed by atoms with Crippen LogP contribution in [0, 0.1) is 5.92 Å². The first-order chi connectivity index (χ1) is 9.74. The van der Waals surface area contributed by atoms with Crippen molar-refractivity contribution < 1.29 is 9.53 Å². The number of carbonyl (C=O) groups is 1. The summed E-state index contributed by atoms with van der Waals surface area (Å²) in [5, 5.41) is 2.96. The normalized spacial score (nSPS) is 13.9. The zero-order valence-electron chi connectivity index (χ0n) is 12.3. The van der Waals surface area contributed by atoms with Crippen LogP contribution in [-0.4, -0.2) is 36.1 Å². The van der Waals surface area contributed by atoms with Crippen LogP contribution in [-0.2, 0) is 6.54 Å². The quantitative estimate of drug-likeness (QED) is 0.832. The molecule has 0 bridgehead atoms. The van der Waals surface area contributed by atoms with Crippen molar-refractivity contribution in [3.63, 3.8) is 0 Å². The number of hydrogen-bond donors (Lipinski definition) is 1. The lowest BCUT2D eigenvalue weighted by atomic mass is 10.2. The molecule has 1 aliphatic carbocycles. The van der Waals surface area contributed by atoms with Crippen molar-refractivity contribution in [3.05, 3.63) is 23.9 Å². The Kier molecular flexibility index (Phi) is 5.21. The number of amides is 2. The fourth-order valence-corrected chi connectivity index (χ4v) is 2.18. The highest BCUT2D eigenvalue weighted by Crippen LogP contribution is 2.29. The Balaban J connectivity index is 1.88. The topological polar surface area (TPSA) is 54.5 Å². The molecule has 1 heterocycles. The average molecular weight is 277 g/mol. The molecule has 0 saturated heterocycles. The minimum Gasteiger partial charge on any atom is -0.481 e. The van der Waals surface area contributed by atoms with Crippen molar-refractivity contribution in [1.29, 1.82) is 0 Å². The van der Waals surface area contributed by atoms with Gasteiger partial charge >= 0.3 is 6.03 Å². The molecule has 5 nitrogen and oxygen atoms in total. The van der Waals surface area contributed by atoms with Gasteiger partial charge in [-0.3, -0.25) is 0 Å². The number of nitrogens with zero attached hydrogens (tertiary/aromatic N) is 2. The van der Waals surface area contributed by atoms with Crippen LogP contribution >= 0.6 is 0 Å². The zero-order valence-corrected chi connectivity index (χ0v) is 12.3. The lowest BCUT2D eigenvalue weighted by Crippen LogP contribution is -2.41. The fourth-order valence-electron chi connectivity index (χ4n) is 2.18. The van der Waals surface area contributed by atoms with Gasteiger partial charge in [-0.25, -0.2) is 9.78 Å². The highest BCUT2D eigenvalue weighted by atomic mass is 16.5. The second kappa shape index (κ2) is 7.12. The van der Waals surface area contributed by atoms with Gasteiger partial charge in [0, 0.05) is 31.4 Å². The van der Waals surface area contributed by atoms with E-state index < -0.39 is 0 Å². The van der Waals surface area contributed by atoms with E-state index in [0.717, 1.165) is 25.1 Å². The lowest BCUT2D eigenvalue weighted by molar-refractivity contribution is 0.194. The predicted molar refractivity (Wildman–Crippen MR) is 77.6 cm³/mol. The van der Waals surface area contributed by atoms with Crippen LogP contribution < -0.4 is 10.1 Å². The average Bonchev–Trinajstić information content (AvgIpc) is 3.28. The van der Waals surface area contributed by atoms with Gasteiger partial charge in [0.05, 0.1) is 7.11 Å². The Morgan fingerprint density at radius 2 is 2.35 bits per heavy atom. The molecule has 20 heavy (non-hydrogen) atoms. The van der Waals surface area contributed by atoms with Crippen LogP contribution in [0.1, 0.15) is 31.7 Å². The molecule has 1 N–H and O–H groups in total. The molecule has 1 aromatic heterocycles. The third-order valence-electron chi connectivity index (χ3n) is 3.43. The summed E-state index contributed by atoms with van der Waals surface area (Å²) >= 11 is 0. The van der Waals surface area contributed by atoms with E-state index in [2.05, 4.69) is 17.2 Å². The molecular weight excluding hydrogens is 254 g/mol. The summed E-state index contributed by atoms with van der Waals surface area (Å²) in [7, 11) is 1.59. The summed E-state index contributed by atoms with van der Waals surface area (Å²) < 4.78 is 5.18. The number of ether oxygens (including phenoxy) is 1. The van der Waals surface area contributed by atoms with E-state index >= 15 is 0 Å². The summed E-state index contributed by atoms with van der Waals surface area (Å²) in [6, 6.07) is 3.76. The number of aromatic nitrogens is 1. The number of nitrogens with one attached hydrogen (secondary N) is 1. The number of hydrogen-bond acceptors (Lipinski definition) is 3. The highest BCUT2D eigenvalue weighted by Gasteiger charge is 2.26. The molecular formula is C15H23N3O2. The van der Waals surface area contributed by atoms with Gasteiger partial charge in [-0.1, -0.05) is 13.0 Å². The van der Waals surface area contributed by atoms with Gasteiger partial charge < -0.3 is 15.0 Å². The van der Waals surface area contributed by atoms with Gasteiger partial charge in [0.2, 0.25) is 5.88 Å². The van der Waals surface area contributed by atoms with E-state index in [9.17, 15) is 4.79 Å². The molecule has 0 atom stereocenters. The Morgan fingerprint density at radius 1 is 1.55 bits per heavy atom. The molecule has 2 amide bonds. The van der Waals surface area contributed by atoms with Gasteiger partial charge in [-0.15, -0.1) is 0 Å². The summed E-state index contributed by atoms with van der Waals surface area (Å²) in [5.74, 6) is 1.28. The molecule has 1 aromatic rings. The predicted octanol–water partition coefficient (Wildman–Crippen LogP) is 2.42. The minimum absolute atomic E-state index is 0.00431. The molecule has 0 radical (unpaired) electrons. The first-order valence-electron chi connectivity index (χ1n) is 7.25. The monoisotopic (exact) mass is 277 g/mol. The molecule has 2 rings (SSSR count). The first kappa shape index (κ1) is 14.6. The molecule has 0 spiro atoms. The van der Waals surface area contributed by atoms with Crippen molar-refractivity contribution in [1.82, 2.24) is 15.2 Å². The summed E-state index contributed by atoms with van der Waals surface area (Å²) in [6.07, 6.45) is 5.17. The van der Waals surface area contributed by atoms with Crippen molar-refractivity contribution in [2.45, 2.75) is 32.7 Å². The van der Waals surface area contributed by atoms with Crippen molar-refractivity contribution in [3.8, 4) is 5.88 Å². The third-order valence-corrected chi connectivity index (χ3v) is 3.43. The molecule has 0 unspecified atom stereocenters. The van der Waals surface area contributed by atoms with E-state index in [1.165, 1.54) is 12.8 Å². The minimum atomic E-state index is 0.00431. The van der Waals surface area contributed by atoms with Crippen LogP contribution in [0.15, 0.2) is 18.3 Å². The van der Waals surface area contributed by atoms with E-state index in [4.69, 9.17) is 4.74 Å². The van der Waals surface area contributed by atoms with Crippen LogP contribution in [0.25, 0.3) is 0 Å². The van der Waals surface area contributed by atoms with Crippen LogP contribution in [0.5, 0.6) is 5.88 Å². The van der Waals surface area contributed by atoms with Crippen LogP contribution in [0.3, 0.4) is 0 Å². The van der Waals surface area contributed by atoms with Gasteiger partial charge in [0.15, 0.2) is 0 Å². The molecule has 1 saturated carbocycles. The van der Waals surface area contributed by atoms with Crippen molar-refractivity contribution >= 4 is 6.03 Å². The maximum Gasteiger partial charge on any atom is 0.317 e. The molecule has 1 fully saturated rings. The highest BCUT2D eigenvalue weighted by molar-refractivity contribution is 5.74. The van der Waals surface area contributed by atoms with E-state index in [0.29, 0.717) is 18.3 Å². The number of rotatable bonds is 7. The second-order valence-corrected chi connectivity index (χ2v) is 5.22. The van der Waals surface area contributed by atoms with Gasteiger partial charge in [-0.2, -0.15) is 0 Å². The Morgan fingerprint density at radius 3 is 3.00 bits per heavy atom. The molecule has 0 aromatic carbocycles. The molecule has 0 aliphatic heterocycles. The SMILES string of the molecule is CCCN(CC1CC1)C(=O)NCc1cccnc1OC. The largest absolute Gasteiger partial charge is 0.481 e. The van der Waals surface area contributed by atoms with E-state index in [1.54, 1.807) is 13.3 Å². The number of carbonyl (C=O) groups excluding carboxylic acids is 1. The van der Waals surface area contributed by atoms with Crippen molar-refractivity contribution in [2.24, 2.45) is 5.92 Å². The van der Waals surface area contributed by atoms with Gasteiger partial charge in [-0.05, 0) is 31.2 Å². The maximum atomic E-state index is 12.2. The first-order valence-corrected chi connectivity index (χ1v) is 7.25. The third kappa shape index (κ3) is 4.11. The molecule has 5 heteroatoms. The molecule has 1 aliphatic rings. The van der Waals surface area contributed by atoms with Crippen molar-refractivity contribution in [2.75, 3.05) is 20.2 Å². The number of methoxy groups -OCH3 is 1. The second-order valence-electron chi connectivity index (χ2n) is 5.22. The Bertz CT molecular complexity index is 446. The van der Waals surface area contributed by atoms with Gasteiger partial charge in [0.25, 0.3) is 0 Å². The lowest BCUT2D eigenvalue weighted by Gasteiger charge is -2.22. The number of urea groups is 1. The molecule has 110 valence electrons.